The topological polar surface area (TPSA) is 50.2 Å². The van der Waals surface area contributed by atoms with Crippen molar-refractivity contribution in [1.29, 1.82) is 0 Å². The van der Waals surface area contributed by atoms with Crippen LogP contribution in [0.15, 0.2) is 23.9 Å². The SMILES string of the molecule is O=C(C1=C(O)c2cccnc2C1)C(F)(F)C(F)(F)F. The fourth-order valence-electron chi connectivity index (χ4n) is 1.71. The zero-order valence-electron chi connectivity index (χ0n) is 9.13. The Balaban J connectivity index is 2.42. The van der Waals surface area contributed by atoms with Crippen LogP contribution in [0.2, 0.25) is 0 Å². The van der Waals surface area contributed by atoms with Crippen LogP contribution >= 0.6 is 0 Å². The van der Waals surface area contributed by atoms with Gasteiger partial charge in [0.15, 0.2) is 0 Å². The van der Waals surface area contributed by atoms with Gasteiger partial charge in [0.05, 0.1) is 11.3 Å². The molecule has 0 radical (unpaired) electrons. The number of allylic oxidation sites excluding steroid dienone is 1. The molecule has 3 nitrogen and oxygen atoms in total. The number of fused-ring (bicyclic) bond motifs is 1. The molecule has 1 aliphatic rings. The number of aliphatic hydroxyl groups excluding tert-OH is 1. The van der Waals surface area contributed by atoms with Crippen LogP contribution in [0.5, 0.6) is 0 Å². The normalized spacial score (nSPS) is 15.6. The molecule has 0 aliphatic heterocycles. The Morgan fingerprint density at radius 1 is 1.26 bits per heavy atom. The van der Waals surface area contributed by atoms with Gasteiger partial charge in [0.1, 0.15) is 5.76 Å². The summed E-state index contributed by atoms with van der Waals surface area (Å²) in [6.45, 7) is 0. The second-order valence-electron chi connectivity index (χ2n) is 3.90. The number of aliphatic hydroxyl groups is 1. The molecule has 0 spiro atoms. The molecular formula is C11H6F5NO2. The number of nitrogens with zero attached hydrogens (tertiary/aromatic N) is 1. The second kappa shape index (κ2) is 4.01. The maximum absolute atomic E-state index is 12.9. The van der Waals surface area contributed by atoms with Gasteiger partial charge in [0, 0.05) is 18.2 Å². The van der Waals surface area contributed by atoms with Crippen molar-refractivity contribution >= 4 is 11.5 Å². The van der Waals surface area contributed by atoms with Crippen LogP contribution in [0.1, 0.15) is 11.3 Å². The molecule has 1 aliphatic carbocycles. The summed E-state index contributed by atoms with van der Waals surface area (Å²) in [4.78, 5) is 15.0. The summed E-state index contributed by atoms with van der Waals surface area (Å²) in [5.74, 6) is -8.86. The molecule has 0 unspecified atom stereocenters. The van der Waals surface area contributed by atoms with Crippen molar-refractivity contribution in [1.82, 2.24) is 4.98 Å². The summed E-state index contributed by atoms with van der Waals surface area (Å²) in [5, 5.41) is 9.56. The maximum Gasteiger partial charge on any atom is 0.461 e. The molecule has 1 heterocycles. The van der Waals surface area contributed by atoms with E-state index in [0.29, 0.717) is 0 Å². The molecule has 19 heavy (non-hydrogen) atoms. The van der Waals surface area contributed by atoms with Crippen LogP contribution in [0.3, 0.4) is 0 Å². The van der Waals surface area contributed by atoms with E-state index in [1.54, 1.807) is 0 Å². The van der Waals surface area contributed by atoms with Crippen molar-refractivity contribution in [3.8, 4) is 0 Å². The lowest BCUT2D eigenvalue weighted by atomic mass is 10.0. The minimum atomic E-state index is -6.00. The lowest BCUT2D eigenvalue weighted by Crippen LogP contribution is -2.45. The molecule has 0 atom stereocenters. The first-order valence-electron chi connectivity index (χ1n) is 5.02. The second-order valence-corrected chi connectivity index (χ2v) is 3.90. The van der Waals surface area contributed by atoms with Gasteiger partial charge in [-0.2, -0.15) is 22.0 Å². The first-order valence-corrected chi connectivity index (χ1v) is 5.02. The fraction of sp³-hybridized carbons (Fsp3) is 0.273. The van der Waals surface area contributed by atoms with E-state index in [2.05, 4.69) is 4.98 Å². The Hall–Kier alpha value is -1.99. The van der Waals surface area contributed by atoms with E-state index in [4.69, 9.17) is 0 Å². The molecule has 1 aromatic heterocycles. The van der Waals surface area contributed by atoms with E-state index in [1.807, 2.05) is 0 Å². The van der Waals surface area contributed by atoms with Gasteiger partial charge in [0.2, 0.25) is 5.78 Å². The van der Waals surface area contributed by atoms with Crippen LogP contribution < -0.4 is 0 Å². The fourth-order valence-corrected chi connectivity index (χ4v) is 1.71. The highest BCUT2D eigenvalue weighted by molar-refractivity contribution is 6.08. The lowest BCUT2D eigenvalue weighted by molar-refractivity contribution is -0.266. The third kappa shape index (κ3) is 1.96. The van der Waals surface area contributed by atoms with E-state index < -0.39 is 35.6 Å². The molecule has 0 saturated heterocycles. The third-order valence-corrected chi connectivity index (χ3v) is 2.69. The molecule has 102 valence electrons. The van der Waals surface area contributed by atoms with Gasteiger partial charge >= 0.3 is 12.1 Å². The highest BCUT2D eigenvalue weighted by atomic mass is 19.4. The van der Waals surface area contributed by atoms with Crippen molar-refractivity contribution in [2.24, 2.45) is 0 Å². The number of hydrogen-bond acceptors (Lipinski definition) is 3. The smallest absolute Gasteiger partial charge is 0.461 e. The van der Waals surface area contributed by atoms with Crippen molar-refractivity contribution in [2.75, 3.05) is 0 Å². The highest BCUT2D eigenvalue weighted by Crippen LogP contribution is 2.41. The highest BCUT2D eigenvalue weighted by Gasteiger charge is 2.64. The average molecular weight is 279 g/mol. The number of pyridine rings is 1. The van der Waals surface area contributed by atoms with E-state index in [0.717, 1.165) is 0 Å². The summed E-state index contributed by atoms with van der Waals surface area (Å²) < 4.78 is 62.2. The molecule has 1 aromatic rings. The molecule has 8 heteroatoms. The van der Waals surface area contributed by atoms with E-state index >= 15 is 0 Å². The van der Waals surface area contributed by atoms with Gasteiger partial charge in [0.25, 0.3) is 0 Å². The quantitative estimate of drug-likeness (QED) is 0.847. The standard InChI is InChI=1S/C11H6F5NO2/c12-10(13,11(14,15)16)9(19)6-4-7-5(8(6)18)2-1-3-17-7/h1-3,18H,4H2. The average Bonchev–Trinajstić information content (AvgIpc) is 2.65. The Bertz CT molecular complexity index is 577. The molecular weight excluding hydrogens is 273 g/mol. The van der Waals surface area contributed by atoms with Gasteiger partial charge in [-0.1, -0.05) is 0 Å². The van der Waals surface area contributed by atoms with E-state index in [-0.39, 0.29) is 11.3 Å². The minimum Gasteiger partial charge on any atom is -0.507 e. The summed E-state index contributed by atoms with van der Waals surface area (Å²) in [6.07, 6.45) is -5.27. The largest absolute Gasteiger partial charge is 0.507 e. The number of hydrogen-bond donors (Lipinski definition) is 1. The van der Waals surface area contributed by atoms with Crippen molar-refractivity contribution in [2.45, 2.75) is 18.5 Å². The molecule has 0 bridgehead atoms. The van der Waals surface area contributed by atoms with Crippen LogP contribution in [0.25, 0.3) is 5.76 Å². The van der Waals surface area contributed by atoms with Crippen molar-refractivity contribution < 1.29 is 31.9 Å². The first-order chi connectivity index (χ1) is 8.66. The molecule has 0 saturated carbocycles. The van der Waals surface area contributed by atoms with E-state index in [9.17, 15) is 31.9 Å². The van der Waals surface area contributed by atoms with Crippen molar-refractivity contribution in [3.05, 3.63) is 35.2 Å². The summed E-state index contributed by atoms with van der Waals surface area (Å²) in [7, 11) is 0. The molecule has 2 rings (SSSR count). The molecule has 1 N–H and O–H groups in total. The Morgan fingerprint density at radius 2 is 1.89 bits per heavy atom. The Morgan fingerprint density at radius 3 is 2.42 bits per heavy atom. The maximum atomic E-state index is 12.9. The number of carbonyl (C=O) groups excluding carboxylic acids is 1. The van der Waals surface area contributed by atoms with Crippen LogP contribution in [0.4, 0.5) is 22.0 Å². The minimum absolute atomic E-state index is 0.0103. The predicted octanol–water partition coefficient (Wildman–Crippen LogP) is 2.67. The molecule has 0 amide bonds. The number of carbonyl (C=O) groups is 1. The predicted molar refractivity (Wildman–Crippen MR) is 53.5 cm³/mol. The zero-order valence-corrected chi connectivity index (χ0v) is 9.13. The zero-order chi connectivity index (χ0) is 14.4. The Kier molecular flexibility index (Phi) is 2.83. The van der Waals surface area contributed by atoms with Gasteiger partial charge in [-0.3, -0.25) is 9.78 Å². The van der Waals surface area contributed by atoms with Gasteiger partial charge in [-0.25, -0.2) is 0 Å². The van der Waals surface area contributed by atoms with E-state index in [1.165, 1.54) is 18.3 Å². The summed E-state index contributed by atoms with van der Waals surface area (Å²) in [5.41, 5.74) is -0.902. The van der Waals surface area contributed by atoms with Crippen LogP contribution in [0, 0.1) is 0 Å². The number of aromatic nitrogens is 1. The summed E-state index contributed by atoms with van der Waals surface area (Å²) >= 11 is 0. The number of ketones is 1. The Labute approximate surface area is 103 Å². The van der Waals surface area contributed by atoms with Gasteiger partial charge in [-0.15, -0.1) is 0 Å². The van der Waals surface area contributed by atoms with Gasteiger partial charge in [-0.05, 0) is 12.1 Å². The van der Waals surface area contributed by atoms with Crippen molar-refractivity contribution in [3.63, 3.8) is 0 Å². The molecule has 0 fully saturated rings. The van der Waals surface area contributed by atoms with Crippen LogP contribution in [-0.2, 0) is 11.2 Å². The van der Waals surface area contributed by atoms with Crippen LogP contribution in [-0.4, -0.2) is 28.0 Å². The third-order valence-electron chi connectivity index (χ3n) is 2.69. The number of rotatable bonds is 2. The van der Waals surface area contributed by atoms with Gasteiger partial charge < -0.3 is 5.11 Å². The molecule has 0 aromatic carbocycles. The number of Topliss-reactive ketones (excluding diaryl/α,β-unsaturated/α-hetero) is 1. The number of alkyl halides is 5. The first kappa shape index (κ1) is 13.4. The monoisotopic (exact) mass is 279 g/mol. The number of halogens is 5. The summed E-state index contributed by atoms with van der Waals surface area (Å²) in [6, 6.07) is 2.65. The lowest BCUT2D eigenvalue weighted by Gasteiger charge is -2.18.